The van der Waals surface area contributed by atoms with Crippen LogP contribution in [0.1, 0.15) is 31.7 Å². The van der Waals surface area contributed by atoms with E-state index in [0.29, 0.717) is 5.92 Å². The molecule has 2 aliphatic rings. The third kappa shape index (κ3) is 4.55. The summed E-state index contributed by atoms with van der Waals surface area (Å²) in [6.07, 6.45) is 5.18. The minimum Gasteiger partial charge on any atom is -0.326 e. The van der Waals surface area contributed by atoms with Crippen LogP contribution in [-0.2, 0) is 11.2 Å². The first kappa shape index (κ1) is 16.5. The van der Waals surface area contributed by atoms with Crippen molar-refractivity contribution in [2.75, 3.05) is 38.0 Å². The number of carbonyl (C=O) groups is 1. The molecule has 126 valence electrons. The van der Waals surface area contributed by atoms with Crippen molar-refractivity contribution >= 4 is 11.6 Å². The van der Waals surface area contributed by atoms with Gasteiger partial charge in [0.25, 0.3) is 0 Å². The van der Waals surface area contributed by atoms with Gasteiger partial charge in [0.15, 0.2) is 0 Å². The Hall–Kier alpha value is -1.39. The molecule has 0 bridgehead atoms. The summed E-state index contributed by atoms with van der Waals surface area (Å²) >= 11 is 0. The standard InChI is InChI=1S/C19H29N3O/c1-15(17-13-20-14-17)19(23)21-18-7-5-16(6-8-18)9-12-22-10-3-2-4-11-22/h5-8,15,17,20H,2-4,9-14H2,1H3,(H,21,23). The van der Waals surface area contributed by atoms with Gasteiger partial charge in [0.2, 0.25) is 5.91 Å². The Balaban J connectivity index is 1.45. The highest BCUT2D eigenvalue weighted by molar-refractivity contribution is 5.92. The molecular weight excluding hydrogens is 286 g/mol. The van der Waals surface area contributed by atoms with Crippen molar-refractivity contribution < 1.29 is 4.79 Å². The fraction of sp³-hybridized carbons (Fsp3) is 0.632. The number of benzene rings is 1. The van der Waals surface area contributed by atoms with Gasteiger partial charge in [-0.15, -0.1) is 0 Å². The second kappa shape index (κ2) is 7.93. The van der Waals surface area contributed by atoms with E-state index in [0.717, 1.165) is 31.7 Å². The van der Waals surface area contributed by atoms with E-state index in [4.69, 9.17) is 0 Å². The minimum absolute atomic E-state index is 0.0787. The first-order valence-electron chi connectivity index (χ1n) is 9.05. The number of nitrogens with zero attached hydrogens (tertiary/aromatic N) is 1. The van der Waals surface area contributed by atoms with Gasteiger partial charge in [-0.1, -0.05) is 25.5 Å². The fourth-order valence-electron chi connectivity index (χ4n) is 3.36. The molecule has 2 fully saturated rings. The van der Waals surface area contributed by atoms with Gasteiger partial charge in [0, 0.05) is 18.2 Å². The van der Waals surface area contributed by atoms with E-state index in [-0.39, 0.29) is 11.8 Å². The van der Waals surface area contributed by atoms with Crippen LogP contribution in [0, 0.1) is 11.8 Å². The first-order valence-corrected chi connectivity index (χ1v) is 9.05. The molecule has 1 aromatic carbocycles. The molecule has 1 amide bonds. The Bertz CT molecular complexity index is 504. The molecule has 4 nitrogen and oxygen atoms in total. The zero-order valence-electron chi connectivity index (χ0n) is 14.2. The highest BCUT2D eigenvalue weighted by Crippen LogP contribution is 2.19. The molecule has 4 heteroatoms. The first-order chi connectivity index (χ1) is 11.2. The van der Waals surface area contributed by atoms with Crippen molar-refractivity contribution in [3.8, 4) is 0 Å². The number of likely N-dealkylation sites (tertiary alicyclic amines) is 1. The van der Waals surface area contributed by atoms with Gasteiger partial charge in [-0.05, 0) is 69.1 Å². The van der Waals surface area contributed by atoms with Crippen molar-refractivity contribution in [2.24, 2.45) is 11.8 Å². The van der Waals surface area contributed by atoms with E-state index < -0.39 is 0 Å². The molecule has 23 heavy (non-hydrogen) atoms. The fourth-order valence-corrected chi connectivity index (χ4v) is 3.36. The predicted octanol–water partition coefficient (Wildman–Crippen LogP) is 2.51. The highest BCUT2D eigenvalue weighted by atomic mass is 16.1. The summed E-state index contributed by atoms with van der Waals surface area (Å²) in [4.78, 5) is 14.8. The summed E-state index contributed by atoms with van der Waals surface area (Å²) in [6, 6.07) is 8.37. The molecule has 2 saturated heterocycles. The van der Waals surface area contributed by atoms with Gasteiger partial charge in [-0.2, -0.15) is 0 Å². The van der Waals surface area contributed by atoms with Gasteiger partial charge in [-0.25, -0.2) is 0 Å². The zero-order chi connectivity index (χ0) is 16.1. The van der Waals surface area contributed by atoms with E-state index in [1.165, 1.54) is 37.9 Å². The summed E-state index contributed by atoms with van der Waals surface area (Å²) < 4.78 is 0. The molecule has 2 heterocycles. The van der Waals surface area contributed by atoms with E-state index >= 15 is 0 Å². The predicted molar refractivity (Wildman–Crippen MR) is 94.6 cm³/mol. The van der Waals surface area contributed by atoms with Crippen molar-refractivity contribution in [2.45, 2.75) is 32.6 Å². The molecule has 2 aliphatic heterocycles. The molecule has 0 radical (unpaired) electrons. The van der Waals surface area contributed by atoms with E-state index in [9.17, 15) is 4.79 Å². The van der Waals surface area contributed by atoms with Crippen LogP contribution in [0.2, 0.25) is 0 Å². The van der Waals surface area contributed by atoms with Crippen molar-refractivity contribution in [3.05, 3.63) is 29.8 Å². The lowest BCUT2D eigenvalue weighted by atomic mass is 9.88. The maximum absolute atomic E-state index is 12.2. The molecule has 0 aliphatic carbocycles. The van der Waals surface area contributed by atoms with Gasteiger partial charge in [-0.3, -0.25) is 4.79 Å². The average molecular weight is 315 g/mol. The third-order valence-electron chi connectivity index (χ3n) is 5.32. The van der Waals surface area contributed by atoms with Gasteiger partial charge in [0.1, 0.15) is 0 Å². The van der Waals surface area contributed by atoms with Crippen molar-refractivity contribution in [1.82, 2.24) is 10.2 Å². The lowest BCUT2D eigenvalue weighted by Crippen LogP contribution is -2.48. The van der Waals surface area contributed by atoms with Crippen LogP contribution in [0.4, 0.5) is 5.69 Å². The molecule has 1 unspecified atom stereocenters. The lowest BCUT2D eigenvalue weighted by molar-refractivity contribution is -0.121. The van der Waals surface area contributed by atoms with Crippen LogP contribution < -0.4 is 10.6 Å². The molecule has 3 rings (SSSR count). The van der Waals surface area contributed by atoms with E-state index in [1.54, 1.807) is 0 Å². The second-order valence-electron chi connectivity index (χ2n) is 7.05. The number of anilines is 1. The largest absolute Gasteiger partial charge is 0.326 e. The number of piperidine rings is 1. The van der Waals surface area contributed by atoms with Crippen molar-refractivity contribution in [1.29, 1.82) is 0 Å². The number of rotatable bonds is 6. The maximum atomic E-state index is 12.2. The third-order valence-corrected chi connectivity index (χ3v) is 5.32. The van der Waals surface area contributed by atoms with Crippen LogP contribution in [0.15, 0.2) is 24.3 Å². The number of carbonyl (C=O) groups excluding carboxylic acids is 1. The van der Waals surface area contributed by atoms with E-state index in [2.05, 4.69) is 27.7 Å². The Morgan fingerprint density at radius 1 is 1.22 bits per heavy atom. The normalized spacial score (nSPS) is 20.7. The molecule has 0 aromatic heterocycles. The zero-order valence-corrected chi connectivity index (χ0v) is 14.2. The second-order valence-corrected chi connectivity index (χ2v) is 7.05. The highest BCUT2D eigenvalue weighted by Gasteiger charge is 2.28. The van der Waals surface area contributed by atoms with Gasteiger partial charge < -0.3 is 15.5 Å². The molecule has 0 spiro atoms. The number of hydrogen-bond donors (Lipinski definition) is 2. The number of nitrogens with one attached hydrogen (secondary N) is 2. The van der Waals surface area contributed by atoms with Crippen LogP contribution in [0.25, 0.3) is 0 Å². The Labute approximate surface area is 139 Å². The monoisotopic (exact) mass is 315 g/mol. The van der Waals surface area contributed by atoms with Crippen LogP contribution >= 0.6 is 0 Å². The van der Waals surface area contributed by atoms with Gasteiger partial charge >= 0.3 is 0 Å². The summed E-state index contributed by atoms with van der Waals surface area (Å²) in [5.74, 6) is 0.700. The number of amides is 1. The number of hydrogen-bond acceptors (Lipinski definition) is 3. The summed E-state index contributed by atoms with van der Waals surface area (Å²) in [6.45, 7) is 7.60. The summed E-state index contributed by atoms with van der Waals surface area (Å²) in [7, 11) is 0. The summed E-state index contributed by atoms with van der Waals surface area (Å²) in [5.41, 5.74) is 2.26. The van der Waals surface area contributed by atoms with Crippen LogP contribution in [0.5, 0.6) is 0 Å². The Morgan fingerprint density at radius 3 is 2.52 bits per heavy atom. The summed E-state index contributed by atoms with van der Waals surface area (Å²) in [5, 5.41) is 6.27. The van der Waals surface area contributed by atoms with Crippen molar-refractivity contribution in [3.63, 3.8) is 0 Å². The maximum Gasteiger partial charge on any atom is 0.227 e. The van der Waals surface area contributed by atoms with Gasteiger partial charge in [0.05, 0.1) is 0 Å². The van der Waals surface area contributed by atoms with Crippen LogP contribution in [0.3, 0.4) is 0 Å². The molecule has 2 N–H and O–H groups in total. The molecule has 1 aromatic rings. The minimum atomic E-state index is 0.0787. The Kier molecular flexibility index (Phi) is 5.68. The van der Waals surface area contributed by atoms with Crippen LogP contribution in [-0.4, -0.2) is 43.5 Å². The topological polar surface area (TPSA) is 44.4 Å². The quantitative estimate of drug-likeness (QED) is 0.848. The molecular formula is C19H29N3O. The Morgan fingerprint density at radius 2 is 1.91 bits per heavy atom. The average Bonchev–Trinajstić information content (AvgIpc) is 2.53. The molecule has 1 atom stereocenters. The lowest BCUT2D eigenvalue weighted by Gasteiger charge is -2.31. The van der Waals surface area contributed by atoms with E-state index in [1.807, 2.05) is 19.1 Å². The smallest absolute Gasteiger partial charge is 0.227 e. The molecule has 0 saturated carbocycles. The SMILES string of the molecule is CC(C(=O)Nc1ccc(CCN2CCCCC2)cc1)C1CNC1.